The SMILES string of the molecule is NCCCS(=O)C1=NCCN1. The van der Waals surface area contributed by atoms with Crippen LogP contribution in [0.4, 0.5) is 0 Å². The lowest BCUT2D eigenvalue weighted by atomic mass is 10.5. The highest BCUT2D eigenvalue weighted by Gasteiger charge is 2.11. The molecule has 0 spiro atoms. The van der Waals surface area contributed by atoms with Crippen LogP contribution in [0, 0.1) is 0 Å². The maximum absolute atomic E-state index is 11.3. The number of amidine groups is 1. The smallest absolute Gasteiger partial charge is 0.187 e. The second-order valence-corrected chi connectivity index (χ2v) is 3.79. The van der Waals surface area contributed by atoms with Gasteiger partial charge in [0.2, 0.25) is 0 Å². The second kappa shape index (κ2) is 4.46. The molecule has 0 aliphatic carbocycles. The summed E-state index contributed by atoms with van der Waals surface area (Å²) >= 11 is 0. The minimum atomic E-state index is -0.936. The van der Waals surface area contributed by atoms with E-state index in [0.717, 1.165) is 19.5 Å². The zero-order valence-electron chi connectivity index (χ0n) is 6.38. The predicted octanol–water partition coefficient (Wildman–Crippen LogP) is -0.957. The van der Waals surface area contributed by atoms with Crippen LogP contribution in [0.25, 0.3) is 0 Å². The highest BCUT2D eigenvalue weighted by molar-refractivity contribution is 8.00. The molecule has 11 heavy (non-hydrogen) atoms. The number of rotatable bonds is 3. The molecule has 1 heterocycles. The number of nitrogens with two attached hydrogens (primary N) is 1. The van der Waals surface area contributed by atoms with Crippen molar-refractivity contribution in [3.8, 4) is 0 Å². The van der Waals surface area contributed by atoms with E-state index < -0.39 is 10.8 Å². The lowest BCUT2D eigenvalue weighted by Crippen LogP contribution is -2.25. The van der Waals surface area contributed by atoms with Crippen molar-refractivity contribution in [1.82, 2.24) is 5.32 Å². The molecule has 3 N–H and O–H groups in total. The van der Waals surface area contributed by atoms with Crippen LogP contribution in [0.1, 0.15) is 6.42 Å². The molecular weight excluding hydrogens is 162 g/mol. The summed E-state index contributed by atoms with van der Waals surface area (Å²) in [5.41, 5.74) is 5.28. The average Bonchev–Trinajstić information content (AvgIpc) is 2.52. The molecule has 0 radical (unpaired) electrons. The summed E-state index contributed by atoms with van der Waals surface area (Å²) in [7, 11) is -0.936. The van der Waals surface area contributed by atoms with Crippen molar-refractivity contribution < 1.29 is 4.21 Å². The van der Waals surface area contributed by atoms with Crippen LogP contribution in [-0.4, -0.2) is 34.8 Å². The van der Waals surface area contributed by atoms with E-state index in [9.17, 15) is 4.21 Å². The Hall–Kier alpha value is -0.420. The second-order valence-electron chi connectivity index (χ2n) is 2.31. The first kappa shape index (κ1) is 8.67. The fourth-order valence-corrected chi connectivity index (χ4v) is 1.96. The molecule has 1 unspecified atom stereocenters. The summed E-state index contributed by atoms with van der Waals surface area (Å²) in [5.74, 6) is 0.627. The molecule has 64 valence electrons. The monoisotopic (exact) mass is 175 g/mol. The van der Waals surface area contributed by atoms with Crippen LogP contribution < -0.4 is 11.1 Å². The maximum Gasteiger partial charge on any atom is 0.187 e. The molecule has 0 saturated heterocycles. The van der Waals surface area contributed by atoms with Crippen molar-refractivity contribution in [2.24, 2.45) is 10.7 Å². The Morgan fingerprint density at radius 3 is 3.09 bits per heavy atom. The topological polar surface area (TPSA) is 67.5 Å². The molecule has 0 aromatic heterocycles. The van der Waals surface area contributed by atoms with Crippen molar-refractivity contribution >= 4 is 16.0 Å². The van der Waals surface area contributed by atoms with Crippen molar-refractivity contribution in [2.75, 3.05) is 25.4 Å². The van der Waals surface area contributed by atoms with Gasteiger partial charge in [0, 0.05) is 12.3 Å². The molecule has 0 aromatic rings. The first-order valence-electron chi connectivity index (χ1n) is 3.71. The summed E-state index contributed by atoms with van der Waals surface area (Å²) in [4.78, 5) is 4.05. The fourth-order valence-electron chi connectivity index (χ4n) is 0.840. The van der Waals surface area contributed by atoms with E-state index >= 15 is 0 Å². The van der Waals surface area contributed by atoms with Crippen molar-refractivity contribution in [1.29, 1.82) is 0 Å². The first-order chi connectivity index (χ1) is 5.34. The van der Waals surface area contributed by atoms with Gasteiger partial charge in [-0.3, -0.25) is 9.20 Å². The Balaban J connectivity index is 2.29. The van der Waals surface area contributed by atoms with Gasteiger partial charge in [-0.05, 0) is 13.0 Å². The number of hydrogen-bond acceptors (Lipinski definition) is 4. The molecule has 4 nitrogen and oxygen atoms in total. The number of hydrogen-bond donors (Lipinski definition) is 2. The number of nitrogens with one attached hydrogen (secondary N) is 1. The average molecular weight is 175 g/mol. The first-order valence-corrected chi connectivity index (χ1v) is 5.03. The van der Waals surface area contributed by atoms with Gasteiger partial charge in [-0.25, -0.2) is 0 Å². The predicted molar refractivity (Wildman–Crippen MR) is 47.0 cm³/mol. The third-order valence-electron chi connectivity index (χ3n) is 1.39. The van der Waals surface area contributed by atoms with Gasteiger partial charge in [0.15, 0.2) is 5.17 Å². The van der Waals surface area contributed by atoms with E-state index in [2.05, 4.69) is 10.3 Å². The van der Waals surface area contributed by atoms with E-state index in [4.69, 9.17) is 5.73 Å². The van der Waals surface area contributed by atoms with Gasteiger partial charge in [0.05, 0.1) is 17.3 Å². The molecule has 0 aromatic carbocycles. The summed E-state index contributed by atoms with van der Waals surface area (Å²) < 4.78 is 11.3. The molecular formula is C6H13N3OS. The fraction of sp³-hybridized carbons (Fsp3) is 0.833. The van der Waals surface area contributed by atoms with Crippen molar-refractivity contribution in [3.63, 3.8) is 0 Å². The van der Waals surface area contributed by atoms with Gasteiger partial charge < -0.3 is 11.1 Å². The van der Waals surface area contributed by atoms with Crippen LogP contribution >= 0.6 is 0 Å². The van der Waals surface area contributed by atoms with E-state index in [1.807, 2.05) is 0 Å². The summed E-state index contributed by atoms with van der Waals surface area (Å²) in [5, 5.41) is 3.63. The normalized spacial score (nSPS) is 19.2. The highest BCUT2D eigenvalue weighted by atomic mass is 32.2. The minimum absolute atomic E-state index is 0.596. The molecule has 1 aliphatic heterocycles. The van der Waals surface area contributed by atoms with Gasteiger partial charge in [0.1, 0.15) is 0 Å². The molecule has 0 saturated carbocycles. The molecule has 0 bridgehead atoms. The Labute approximate surface area is 68.7 Å². The Kier molecular flexibility index (Phi) is 3.51. The quantitative estimate of drug-likeness (QED) is 0.580. The minimum Gasteiger partial charge on any atom is -0.361 e. The maximum atomic E-state index is 11.3. The van der Waals surface area contributed by atoms with E-state index in [1.54, 1.807) is 0 Å². The van der Waals surface area contributed by atoms with Crippen LogP contribution in [-0.2, 0) is 10.8 Å². The third kappa shape index (κ3) is 2.59. The van der Waals surface area contributed by atoms with Gasteiger partial charge >= 0.3 is 0 Å². The van der Waals surface area contributed by atoms with Crippen molar-refractivity contribution in [2.45, 2.75) is 6.42 Å². The van der Waals surface area contributed by atoms with Crippen LogP contribution in [0.5, 0.6) is 0 Å². The summed E-state index contributed by atoms with van der Waals surface area (Å²) in [6.45, 7) is 2.17. The molecule has 0 amide bonds. The van der Waals surface area contributed by atoms with Gasteiger partial charge in [-0.15, -0.1) is 0 Å². The largest absolute Gasteiger partial charge is 0.361 e. The third-order valence-corrected chi connectivity index (χ3v) is 2.76. The Morgan fingerprint density at radius 1 is 1.73 bits per heavy atom. The van der Waals surface area contributed by atoms with Gasteiger partial charge in [0.25, 0.3) is 0 Å². The standard InChI is InChI=1S/C6H13N3OS/c7-2-1-5-11(10)6-8-3-4-9-6/h1-5,7H2,(H,8,9). The van der Waals surface area contributed by atoms with Crippen LogP contribution in [0.2, 0.25) is 0 Å². The lowest BCUT2D eigenvalue weighted by molar-refractivity contribution is 0.687. The molecule has 1 aliphatic rings. The number of aliphatic imine (C=N–C) groups is 1. The molecule has 1 atom stereocenters. The summed E-state index contributed by atoms with van der Waals surface area (Å²) in [6.07, 6.45) is 0.799. The zero-order chi connectivity index (χ0) is 8.10. The van der Waals surface area contributed by atoms with Crippen LogP contribution in [0.3, 0.4) is 0 Å². The van der Waals surface area contributed by atoms with Gasteiger partial charge in [-0.1, -0.05) is 0 Å². The molecule has 5 heteroatoms. The zero-order valence-corrected chi connectivity index (χ0v) is 7.19. The number of nitrogens with zero attached hydrogens (tertiary/aromatic N) is 1. The summed E-state index contributed by atoms with van der Waals surface area (Å²) in [6, 6.07) is 0. The Morgan fingerprint density at radius 2 is 2.55 bits per heavy atom. The molecule has 1 rings (SSSR count). The lowest BCUT2D eigenvalue weighted by Gasteiger charge is -1.99. The molecule has 0 fully saturated rings. The van der Waals surface area contributed by atoms with E-state index in [-0.39, 0.29) is 0 Å². The van der Waals surface area contributed by atoms with E-state index in [1.165, 1.54) is 0 Å². The van der Waals surface area contributed by atoms with Crippen LogP contribution in [0.15, 0.2) is 4.99 Å². The Bertz CT molecular complexity index is 181. The highest BCUT2D eigenvalue weighted by Crippen LogP contribution is 1.93. The van der Waals surface area contributed by atoms with Crippen molar-refractivity contribution in [3.05, 3.63) is 0 Å². The van der Waals surface area contributed by atoms with Gasteiger partial charge in [-0.2, -0.15) is 0 Å². The van der Waals surface area contributed by atoms with E-state index in [0.29, 0.717) is 17.5 Å².